The molecular formula is C12H16IN5. The van der Waals surface area contributed by atoms with Gasteiger partial charge in [-0.25, -0.2) is 9.97 Å². The number of rotatable bonds is 3. The number of aromatic nitrogens is 4. The molecule has 5 nitrogen and oxygen atoms in total. The van der Waals surface area contributed by atoms with E-state index in [1.807, 2.05) is 17.7 Å². The Labute approximate surface area is 120 Å². The number of nitrogens with two attached hydrogens (primary N) is 1. The second-order valence-electron chi connectivity index (χ2n) is 4.32. The summed E-state index contributed by atoms with van der Waals surface area (Å²) in [6.07, 6.45) is 1.76. The Balaban J connectivity index is 2.59. The Morgan fingerprint density at radius 1 is 1.39 bits per heavy atom. The second kappa shape index (κ2) is 5.21. The molecule has 0 fully saturated rings. The van der Waals surface area contributed by atoms with E-state index in [2.05, 4.69) is 51.5 Å². The molecule has 0 saturated carbocycles. The molecule has 96 valence electrons. The van der Waals surface area contributed by atoms with Crippen molar-refractivity contribution in [3.8, 4) is 11.5 Å². The van der Waals surface area contributed by atoms with Crippen LogP contribution in [0.15, 0.2) is 12.3 Å². The van der Waals surface area contributed by atoms with Crippen LogP contribution in [0.4, 0.5) is 5.82 Å². The third kappa shape index (κ3) is 2.33. The molecule has 0 aromatic carbocycles. The van der Waals surface area contributed by atoms with E-state index in [0.29, 0.717) is 17.6 Å². The van der Waals surface area contributed by atoms with Crippen LogP contribution >= 0.6 is 22.6 Å². The highest BCUT2D eigenvalue weighted by molar-refractivity contribution is 14.1. The summed E-state index contributed by atoms with van der Waals surface area (Å²) in [5.74, 6) is 1.50. The molecule has 2 aromatic heterocycles. The Kier molecular flexibility index (Phi) is 3.84. The molecule has 0 radical (unpaired) electrons. The van der Waals surface area contributed by atoms with Crippen LogP contribution < -0.4 is 5.73 Å². The fourth-order valence-electron chi connectivity index (χ4n) is 1.75. The summed E-state index contributed by atoms with van der Waals surface area (Å²) in [4.78, 5) is 8.99. The monoisotopic (exact) mass is 357 g/mol. The first kappa shape index (κ1) is 13.3. The largest absolute Gasteiger partial charge is 0.383 e. The minimum atomic E-state index is 0.318. The summed E-state index contributed by atoms with van der Waals surface area (Å²) < 4.78 is 2.81. The average Bonchev–Trinajstić information content (AvgIpc) is 2.80. The molecule has 0 spiro atoms. The third-order valence-electron chi connectivity index (χ3n) is 2.69. The zero-order valence-electron chi connectivity index (χ0n) is 10.7. The molecule has 0 atom stereocenters. The van der Waals surface area contributed by atoms with Gasteiger partial charge >= 0.3 is 0 Å². The zero-order valence-corrected chi connectivity index (χ0v) is 12.8. The molecule has 0 aliphatic heterocycles. The summed E-state index contributed by atoms with van der Waals surface area (Å²) in [6, 6.07) is 1.91. The second-order valence-corrected chi connectivity index (χ2v) is 5.40. The zero-order chi connectivity index (χ0) is 13.3. The molecule has 6 heteroatoms. The smallest absolute Gasteiger partial charge is 0.180 e. The highest BCUT2D eigenvalue weighted by Crippen LogP contribution is 2.26. The Hall–Kier alpha value is -1.18. The van der Waals surface area contributed by atoms with Gasteiger partial charge in [-0.1, -0.05) is 13.8 Å². The lowest BCUT2D eigenvalue weighted by atomic mass is 10.1. The normalized spacial score (nSPS) is 11.2. The van der Waals surface area contributed by atoms with Gasteiger partial charge in [0.1, 0.15) is 11.5 Å². The number of nitrogens with zero attached hydrogens (tertiary/aromatic N) is 4. The average molecular weight is 357 g/mol. The van der Waals surface area contributed by atoms with Gasteiger partial charge in [-0.3, -0.25) is 4.68 Å². The van der Waals surface area contributed by atoms with Crippen molar-refractivity contribution in [2.45, 2.75) is 33.2 Å². The Bertz CT molecular complexity index is 562. The third-order valence-corrected chi connectivity index (χ3v) is 3.80. The predicted molar refractivity (Wildman–Crippen MR) is 80.1 cm³/mol. The maximum atomic E-state index is 5.97. The maximum Gasteiger partial charge on any atom is 0.180 e. The standard InChI is InChI=1S/C12H16IN5/c1-4-18-8(5-6-15-18)12-16-10(7(2)3)9(13)11(14)17-12/h5-7H,4H2,1-3H3,(H2,14,16,17). The van der Waals surface area contributed by atoms with Crippen molar-refractivity contribution < 1.29 is 0 Å². The van der Waals surface area contributed by atoms with Crippen LogP contribution in [0.25, 0.3) is 11.5 Å². The van der Waals surface area contributed by atoms with Crippen LogP contribution in [0.2, 0.25) is 0 Å². The van der Waals surface area contributed by atoms with Gasteiger partial charge in [-0.15, -0.1) is 0 Å². The van der Waals surface area contributed by atoms with Gasteiger partial charge in [-0.05, 0) is 41.5 Å². The van der Waals surface area contributed by atoms with Gasteiger partial charge in [0, 0.05) is 12.7 Å². The SMILES string of the molecule is CCn1nccc1-c1nc(N)c(I)c(C(C)C)n1. The molecule has 0 aliphatic carbocycles. The molecule has 0 unspecified atom stereocenters. The lowest BCUT2D eigenvalue weighted by molar-refractivity contribution is 0.662. The van der Waals surface area contributed by atoms with Gasteiger partial charge < -0.3 is 5.73 Å². The first-order valence-electron chi connectivity index (χ1n) is 5.89. The van der Waals surface area contributed by atoms with Gasteiger partial charge in [0.15, 0.2) is 5.82 Å². The van der Waals surface area contributed by atoms with Crippen molar-refractivity contribution >= 4 is 28.4 Å². The summed E-state index contributed by atoms with van der Waals surface area (Å²) in [7, 11) is 0. The van der Waals surface area contributed by atoms with Crippen LogP contribution in [0.1, 0.15) is 32.4 Å². The highest BCUT2D eigenvalue weighted by Gasteiger charge is 2.15. The Morgan fingerprint density at radius 2 is 2.11 bits per heavy atom. The molecular weight excluding hydrogens is 341 g/mol. The van der Waals surface area contributed by atoms with Crippen LogP contribution in [0.5, 0.6) is 0 Å². The topological polar surface area (TPSA) is 69.6 Å². The molecule has 2 N–H and O–H groups in total. The van der Waals surface area contributed by atoms with Crippen molar-refractivity contribution in [3.63, 3.8) is 0 Å². The first-order valence-corrected chi connectivity index (χ1v) is 6.97. The number of hydrogen-bond acceptors (Lipinski definition) is 4. The quantitative estimate of drug-likeness (QED) is 0.858. The molecule has 0 aliphatic rings. The fraction of sp³-hybridized carbons (Fsp3) is 0.417. The molecule has 18 heavy (non-hydrogen) atoms. The summed E-state index contributed by atoms with van der Waals surface area (Å²) in [6.45, 7) is 7.03. The van der Waals surface area contributed by atoms with Gasteiger partial charge in [-0.2, -0.15) is 5.10 Å². The maximum absolute atomic E-state index is 5.97. The summed E-state index contributed by atoms with van der Waals surface area (Å²) >= 11 is 2.20. The van der Waals surface area contributed by atoms with E-state index in [9.17, 15) is 0 Å². The van der Waals surface area contributed by atoms with Crippen LogP contribution in [0, 0.1) is 3.57 Å². The number of anilines is 1. The molecule has 0 bridgehead atoms. The van der Waals surface area contributed by atoms with E-state index in [-0.39, 0.29) is 0 Å². The molecule has 0 saturated heterocycles. The van der Waals surface area contributed by atoms with Crippen molar-refractivity contribution in [1.29, 1.82) is 0 Å². The van der Waals surface area contributed by atoms with Crippen molar-refractivity contribution in [2.24, 2.45) is 0 Å². The lowest BCUT2D eigenvalue weighted by Gasteiger charge is -2.12. The number of nitrogen functional groups attached to an aromatic ring is 1. The van der Waals surface area contributed by atoms with E-state index in [1.54, 1.807) is 6.20 Å². The summed E-state index contributed by atoms with van der Waals surface area (Å²) in [5, 5.41) is 4.23. The highest BCUT2D eigenvalue weighted by atomic mass is 127. The fourth-order valence-corrected chi connectivity index (χ4v) is 2.62. The number of halogens is 1. The predicted octanol–water partition coefficient (Wildman–Crippen LogP) is 2.67. The lowest BCUT2D eigenvalue weighted by Crippen LogP contribution is -2.08. The van der Waals surface area contributed by atoms with E-state index < -0.39 is 0 Å². The van der Waals surface area contributed by atoms with Crippen LogP contribution in [-0.2, 0) is 6.54 Å². The van der Waals surface area contributed by atoms with Crippen molar-refractivity contribution in [3.05, 3.63) is 21.5 Å². The van der Waals surface area contributed by atoms with E-state index in [4.69, 9.17) is 5.73 Å². The van der Waals surface area contributed by atoms with E-state index >= 15 is 0 Å². The number of aryl methyl sites for hydroxylation is 1. The molecule has 0 amide bonds. The van der Waals surface area contributed by atoms with Crippen molar-refractivity contribution in [2.75, 3.05) is 5.73 Å². The minimum absolute atomic E-state index is 0.318. The van der Waals surface area contributed by atoms with Gasteiger partial charge in [0.2, 0.25) is 0 Å². The van der Waals surface area contributed by atoms with Crippen LogP contribution in [0.3, 0.4) is 0 Å². The van der Waals surface area contributed by atoms with Crippen LogP contribution in [-0.4, -0.2) is 19.7 Å². The molecule has 2 rings (SSSR count). The number of hydrogen-bond donors (Lipinski definition) is 1. The van der Waals surface area contributed by atoms with E-state index in [0.717, 1.165) is 21.5 Å². The molecule has 2 heterocycles. The summed E-state index contributed by atoms with van der Waals surface area (Å²) in [5.41, 5.74) is 7.86. The molecule has 2 aromatic rings. The Morgan fingerprint density at radius 3 is 2.72 bits per heavy atom. The van der Waals surface area contributed by atoms with Gasteiger partial charge in [0.05, 0.1) is 9.26 Å². The minimum Gasteiger partial charge on any atom is -0.383 e. The van der Waals surface area contributed by atoms with Crippen molar-refractivity contribution in [1.82, 2.24) is 19.7 Å². The first-order chi connectivity index (χ1) is 8.54. The van der Waals surface area contributed by atoms with E-state index in [1.165, 1.54) is 0 Å². The van der Waals surface area contributed by atoms with Gasteiger partial charge in [0.25, 0.3) is 0 Å².